The minimum absolute atomic E-state index is 1.19. The van der Waals surface area contributed by atoms with Gasteiger partial charge in [0.1, 0.15) is 0 Å². The Labute approximate surface area is 76.6 Å². The van der Waals surface area contributed by atoms with Gasteiger partial charge in [-0.1, -0.05) is 0 Å². The second-order valence-electron chi connectivity index (χ2n) is 1.79. The topological polar surface area (TPSA) is 0 Å². The molecule has 0 aliphatic heterocycles. The van der Waals surface area contributed by atoms with Crippen LogP contribution in [0, 0.1) is 0 Å². The first-order valence-electron chi connectivity index (χ1n) is 2.90. The van der Waals surface area contributed by atoms with Crippen molar-refractivity contribution in [2.24, 2.45) is 0 Å². The molecule has 0 aliphatic rings. The van der Waals surface area contributed by atoms with Crippen molar-refractivity contribution in [1.82, 2.24) is 0 Å². The number of hydrogen-bond donors (Lipinski definition) is 0. The Bertz CT molecular complexity index is 147. The fourth-order valence-electron chi connectivity index (χ4n) is 0.331. The van der Waals surface area contributed by atoms with Crippen LogP contribution in [-0.4, -0.2) is 8.12 Å². The molecule has 0 N–H and O–H groups in total. The number of rotatable bonds is 3. The van der Waals surface area contributed by atoms with Crippen molar-refractivity contribution in [2.75, 3.05) is 0 Å². The predicted molar refractivity (Wildman–Crippen MR) is 35.1 cm³/mol. The van der Waals surface area contributed by atoms with Crippen LogP contribution in [0.3, 0.4) is 0 Å². The summed E-state index contributed by atoms with van der Waals surface area (Å²) in [6.45, 7) is 4.28. The molecule has 0 fully saturated rings. The van der Waals surface area contributed by atoms with E-state index in [2.05, 4.69) is 43.0 Å². The van der Waals surface area contributed by atoms with Crippen molar-refractivity contribution < 1.29 is 36.3 Å². The van der Waals surface area contributed by atoms with Crippen molar-refractivity contribution in [3.63, 3.8) is 0 Å². The standard InChI is InChI=1S/C7H10.V.W/c1-3-5-7-6-4-2;;/h6-7H,3H2,1-2H3;;. The first-order chi connectivity index (χ1) is 4.16. The summed E-state index contributed by atoms with van der Waals surface area (Å²) < 4.78 is 2.83. The molecule has 0 aromatic rings. The first kappa shape index (κ1) is 9.75. The summed E-state index contributed by atoms with van der Waals surface area (Å²) in [5.41, 5.74) is 0. The molecule has 0 aliphatic carbocycles. The van der Waals surface area contributed by atoms with Crippen LogP contribution in [-0.2, 0) is 36.3 Å². The summed E-state index contributed by atoms with van der Waals surface area (Å²) in [4.78, 5) is 0. The van der Waals surface area contributed by atoms with Crippen LogP contribution in [0.5, 0.6) is 0 Å². The van der Waals surface area contributed by atoms with Crippen molar-refractivity contribution in [3.05, 3.63) is 12.2 Å². The third-order valence-electron chi connectivity index (χ3n) is 0.859. The Balaban J connectivity index is 3.71. The molecular weight excluding hydrogens is 319 g/mol. The van der Waals surface area contributed by atoms with Crippen LogP contribution < -0.4 is 0 Å². The number of allylic oxidation sites excluding steroid dienone is 2. The van der Waals surface area contributed by atoms with E-state index in [0.717, 1.165) is 0 Å². The van der Waals surface area contributed by atoms with Crippen LogP contribution in [0.15, 0.2) is 12.2 Å². The van der Waals surface area contributed by atoms with E-state index in [9.17, 15) is 0 Å². The van der Waals surface area contributed by atoms with Gasteiger partial charge in [-0.25, -0.2) is 0 Å². The summed E-state index contributed by atoms with van der Waals surface area (Å²) in [7, 11) is 0. The molecule has 0 saturated heterocycles. The average molecular weight is 329 g/mol. The van der Waals surface area contributed by atoms with Crippen LogP contribution in [0.1, 0.15) is 20.3 Å². The van der Waals surface area contributed by atoms with E-state index in [1.54, 1.807) is 19.4 Å². The van der Waals surface area contributed by atoms with Gasteiger partial charge >= 0.3 is 76.9 Å². The van der Waals surface area contributed by atoms with Crippen LogP contribution in [0.2, 0.25) is 0 Å². The van der Waals surface area contributed by atoms with Gasteiger partial charge in [-0.05, 0) is 0 Å². The van der Waals surface area contributed by atoms with E-state index >= 15 is 0 Å². The molecule has 9 heavy (non-hydrogen) atoms. The maximum atomic E-state index is 2.53. The Morgan fingerprint density at radius 3 is 2.44 bits per heavy atom. The zero-order valence-corrected chi connectivity index (χ0v) is 10.0. The molecule has 2 heteroatoms. The van der Waals surface area contributed by atoms with Crippen LogP contribution >= 0.6 is 0 Å². The summed E-state index contributed by atoms with van der Waals surface area (Å²) in [5, 5.41) is 0. The SMILES string of the molecule is CC[C](=[W])C=C[C](C)=[V]. The molecule has 0 heterocycles. The fourth-order valence-corrected chi connectivity index (χ4v) is 0.692. The number of hydrogen-bond acceptors (Lipinski definition) is 0. The molecule has 49 valence electrons. The minimum atomic E-state index is 1.19. The molecule has 0 radical (unpaired) electrons. The second-order valence-corrected chi connectivity index (χ2v) is 4.78. The molecule has 0 saturated carbocycles. The fraction of sp³-hybridized carbons (Fsp3) is 0.429. The average Bonchev–Trinajstić information content (AvgIpc) is 1.83. The zero-order chi connectivity index (χ0) is 7.28. The normalized spacial score (nSPS) is 9.89. The van der Waals surface area contributed by atoms with E-state index < -0.39 is 0 Å². The molecule has 0 atom stereocenters. The first-order valence-corrected chi connectivity index (χ1v) is 5.06. The van der Waals surface area contributed by atoms with E-state index in [1.165, 1.54) is 14.5 Å². The Kier molecular flexibility index (Phi) is 5.99. The molecule has 0 bridgehead atoms. The van der Waals surface area contributed by atoms with E-state index in [0.29, 0.717) is 0 Å². The van der Waals surface area contributed by atoms with Gasteiger partial charge in [0, 0.05) is 0 Å². The molecular formula is C7H10VW. The van der Waals surface area contributed by atoms with Crippen LogP contribution in [0.25, 0.3) is 0 Å². The van der Waals surface area contributed by atoms with Crippen molar-refractivity contribution in [3.8, 4) is 0 Å². The van der Waals surface area contributed by atoms with E-state index in [4.69, 9.17) is 0 Å². The molecule has 0 aromatic heterocycles. The van der Waals surface area contributed by atoms with E-state index in [1.807, 2.05) is 0 Å². The third kappa shape index (κ3) is 6.64. The molecule has 0 nitrogen and oxygen atoms in total. The van der Waals surface area contributed by atoms with Crippen LogP contribution in [0.4, 0.5) is 0 Å². The Morgan fingerprint density at radius 1 is 1.56 bits per heavy atom. The van der Waals surface area contributed by atoms with Gasteiger partial charge < -0.3 is 0 Å². The summed E-state index contributed by atoms with van der Waals surface area (Å²) in [5.74, 6) is 0. The van der Waals surface area contributed by atoms with E-state index in [-0.39, 0.29) is 0 Å². The van der Waals surface area contributed by atoms with Gasteiger partial charge in [0.25, 0.3) is 0 Å². The quantitative estimate of drug-likeness (QED) is 0.735. The van der Waals surface area contributed by atoms with Gasteiger partial charge in [0.15, 0.2) is 0 Å². The summed E-state index contributed by atoms with van der Waals surface area (Å²) in [6.07, 6.45) is 5.53. The van der Waals surface area contributed by atoms with Crippen molar-refractivity contribution in [2.45, 2.75) is 20.3 Å². The summed E-state index contributed by atoms with van der Waals surface area (Å²) >= 11 is 4.11. The van der Waals surface area contributed by atoms with Gasteiger partial charge in [-0.3, -0.25) is 0 Å². The van der Waals surface area contributed by atoms with Gasteiger partial charge in [-0.15, -0.1) is 0 Å². The Morgan fingerprint density at radius 2 is 2.11 bits per heavy atom. The molecule has 0 aromatic carbocycles. The molecule has 0 amide bonds. The zero-order valence-electron chi connectivity index (χ0n) is 5.72. The van der Waals surface area contributed by atoms with Crippen molar-refractivity contribution in [1.29, 1.82) is 0 Å². The third-order valence-corrected chi connectivity index (χ3v) is 2.62. The Hall–Kier alpha value is 0.753. The second kappa shape index (κ2) is 5.53. The monoisotopic (exact) mass is 329 g/mol. The molecule has 0 rings (SSSR count). The van der Waals surface area contributed by atoms with Gasteiger partial charge in [-0.2, -0.15) is 0 Å². The van der Waals surface area contributed by atoms with Crippen molar-refractivity contribution >= 4 is 8.12 Å². The van der Waals surface area contributed by atoms with Gasteiger partial charge in [0.2, 0.25) is 0 Å². The predicted octanol–water partition coefficient (Wildman–Crippen LogP) is 1.41. The van der Waals surface area contributed by atoms with Gasteiger partial charge in [0.05, 0.1) is 0 Å². The molecule has 0 spiro atoms. The maximum absolute atomic E-state index is 2.53. The summed E-state index contributed by atoms with van der Waals surface area (Å²) in [6, 6.07) is 0. The molecule has 0 unspecified atom stereocenters.